The van der Waals surface area contributed by atoms with Crippen molar-refractivity contribution in [2.24, 2.45) is 0 Å². The molecule has 0 radical (unpaired) electrons. The van der Waals surface area contributed by atoms with E-state index in [0.717, 1.165) is 23.3 Å². The Bertz CT molecular complexity index is 821. The van der Waals surface area contributed by atoms with Gasteiger partial charge in [0.15, 0.2) is 0 Å². The first kappa shape index (κ1) is 13.9. The quantitative estimate of drug-likeness (QED) is 0.651. The Kier molecular flexibility index (Phi) is 3.13. The normalized spacial score (nSPS) is 12.0. The van der Waals surface area contributed by atoms with Crippen molar-refractivity contribution in [2.75, 3.05) is 5.73 Å². The summed E-state index contributed by atoms with van der Waals surface area (Å²) in [5.41, 5.74) is 7.95. The van der Waals surface area contributed by atoms with Gasteiger partial charge in [-0.1, -0.05) is 12.1 Å². The molecule has 3 aromatic rings. The van der Waals surface area contributed by atoms with Crippen LogP contribution in [0.1, 0.15) is 11.1 Å². The zero-order valence-corrected chi connectivity index (χ0v) is 11.8. The van der Waals surface area contributed by atoms with Crippen LogP contribution < -0.4 is 5.73 Å². The van der Waals surface area contributed by atoms with Gasteiger partial charge in [-0.2, -0.15) is 13.2 Å². The molecule has 0 fully saturated rings. The van der Waals surface area contributed by atoms with Crippen molar-refractivity contribution in [2.45, 2.75) is 13.1 Å². The number of aromatic nitrogens is 1. The zero-order valence-electron chi connectivity index (χ0n) is 11.0. The third-order valence-corrected chi connectivity index (χ3v) is 4.34. The van der Waals surface area contributed by atoms with Gasteiger partial charge >= 0.3 is 6.18 Å². The Hall–Kier alpha value is -2.08. The maximum atomic E-state index is 12.7. The fourth-order valence-corrected chi connectivity index (χ4v) is 3.07. The standard InChI is InChI=1S/C15H11F3N2S/c1-8-3-2-4-10(13(8)19)14-20-11-7-9(15(16,17)18)5-6-12(11)21-14/h2-7H,19H2,1H3. The molecule has 0 aliphatic rings. The average molecular weight is 308 g/mol. The maximum Gasteiger partial charge on any atom is 0.416 e. The summed E-state index contributed by atoms with van der Waals surface area (Å²) >= 11 is 1.33. The monoisotopic (exact) mass is 308 g/mol. The number of alkyl halides is 3. The highest BCUT2D eigenvalue weighted by atomic mass is 32.1. The molecule has 1 aromatic heterocycles. The van der Waals surface area contributed by atoms with Crippen LogP contribution in [0.5, 0.6) is 0 Å². The van der Waals surface area contributed by atoms with Crippen molar-refractivity contribution >= 4 is 27.2 Å². The molecule has 1 heterocycles. The molecule has 2 aromatic carbocycles. The van der Waals surface area contributed by atoms with E-state index in [2.05, 4.69) is 4.98 Å². The molecule has 2 nitrogen and oxygen atoms in total. The molecule has 3 rings (SSSR count). The molecule has 6 heteroatoms. The summed E-state index contributed by atoms with van der Waals surface area (Å²) in [5, 5.41) is 0.630. The second kappa shape index (κ2) is 4.73. The van der Waals surface area contributed by atoms with Crippen LogP contribution >= 0.6 is 11.3 Å². The number of nitrogens with zero attached hydrogens (tertiary/aromatic N) is 1. The number of thiazole rings is 1. The first-order valence-electron chi connectivity index (χ1n) is 6.19. The van der Waals surface area contributed by atoms with E-state index in [4.69, 9.17) is 5.73 Å². The fourth-order valence-electron chi connectivity index (χ4n) is 2.09. The van der Waals surface area contributed by atoms with Crippen LogP contribution in [0.15, 0.2) is 36.4 Å². The average Bonchev–Trinajstić information content (AvgIpc) is 2.83. The third-order valence-electron chi connectivity index (χ3n) is 3.27. The van der Waals surface area contributed by atoms with Gasteiger partial charge in [-0.15, -0.1) is 11.3 Å². The van der Waals surface area contributed by atoms with Gasteiger partial charge in [0.25, 0.3) is 0 Å². The van der Waals surface area contributed by atoms with E-state index >= 15 is 0 Å². The maximum absolute atomic E-state index is 12.7. The molecule has 0 saturated heterocycles. The molecule has 2 N–H and O–H groups in total. The number of nitrogens with two attached hydrogens (primary N) is 1. The number of halogens is 3. The van der Waals surface area contributed by atoms with Gasteiger partial charge in [-0.3, -0.25) is 0 Å². The van der Waals surface area contributed by atoms with Crippen molar-refractivity contribution < 1.29 is 13.2 Å². The Morgan fingerprint density at radius 3 is 2.62 bits per heavy atom. The number of nitrogen functional groups attached to an aromatic ring is 1. The first-order chi connectivity index (χ1) is 9.86. The minimum atomic E-state index is -4.36. The lowest BCUT2D eigenvalue weighted by atomic mass is 10.1. The van der Waals surface area contributed by atoms with Crippen LogP contribution in [0.4, 0.5) is 18.9 Å². The largest absolute Gasteiger partial charge is 0.416 e. The molecule has 0 saturated carbocycles. The van der Waals surface area contributed by atoms with Gasteiger partial charge in [0.1, 0.15) is 5.01 Å². The Morgan fingerprint density at radius 1 is 1.14 bits per heavy atom. The number of hydrogen-bond donors (Lipinski definition) is 1. The Morgan fingerprint density at radius 2 is 1.90 bits per heavy atom. The van der Waals surface area contributed by atoms with Gasteiger partial charge in [0.05, 0.1) is 15.8 Å². The molecule has 0 bridgehead atoms. The van der Waals surface area contributed by atoms with E-state index in [1.807, 2.05) is 25.1 Å². The zero-order chi connectivity index (χ0) is 15.2. The van der Waals surface area contributed by atoms with Gasteiger partial charge in [0, 0.05) is 11.3 Å². The highest BCUT2D eigenvalue weighted by Crippen LogP contribution is 2.37. The van der Waals surface area contributed by atoms with E-state index in [1.165, 1.54) is 17.4 Å². The molecule has 0 atom stereocenters. The van der Waals surface area contributed by atoms with Crippen molar-refractivity contribution in [3.8, 4) is 10.6 Å². The minimum absolute atomic E-state index is 0.339. The van der Waals surface area contributed by atoms with Gasteiger partial charge < -0.3 is 5.73 Å². The molecular formula is C15H11F3N2S. The van der Waals surface area contributed by atoms with Crippen molar-refractivity contribution in [3.63, 3.8) is 0 Å². The smallest absolute Gasteiger partial charge is 0.398 e. The van der Waals surface area contributed by atoms with Gasteiger partial charge in [-0.25, -0.2) is 4.98 Å². The summed E-state index contributed by atoms with van der Waals surface area (Å²) in [6.45, 7) is 1.88. The molecule has 0 unspecified atom stereocenters. The molecule has 0 spiro atoms. The third kappa shape index (κ3) is 2.47. The number of para-hydroxylation sites is 1. The molecule has 21 heavy (non-hydrogen) atoms. The number of fused-ring (bicyclic) bond motifs is 1. The first-order valence-corrected chi connectivity index (χ1v) is 7.01. The predicted octanol–water partition coefficient (Wildman–Crippen LogP) is 4.87. The highest BCUT2D eigenvalue weighted by Gasteiger charge is 2.30. The van der Waals surface area contributed by atoms with Crippen molar-refractivity contribution in [3.05, 3.63) is 47.5 Å². The topological polar surface area (TPSA) is 38.9 Å². The predicted molar refractivity (Wildman–Crippen MR) is 79.2 cm³/mol. The Balaban J connectivity index is 2.15. The lowest BCUT2D eigenvalue weighted by molar-refractivity contribution is -0.137. The number of benzene rings is 2. The van der Waals surface area contributed by atoms with E-state index in [0.29, 0.717) is 20.9 Å². The minimum Gasteiger partial charge on any atom is -0.398 e. The Labute approximate surface area is 123 Å². The van der Waals surface area contributed by atoms with E-state index < -0.39 is 11.7 Å². The van der Waals surface area contributed by atoms with E-state index in [1.54, 1.807) is 0 Å². The van der Waals surface area contributed by atoms with E-state index in [-0.39, 0.29) is 0 Å². The van der Waals surface area contributed by atoms with Crippen LogP contribution in [0.25, 0.3) is 20.8 Å². The summed E-state index contributed by atoms with van der Waals surface area (Å²) in [4.78, 5) is 4.30. The lowest BCUT2D eigenvalue weighted by Gasteiger charge is -2.05. The summed E-state index contributed by atoms with van der Waals surface area (Å²) in [6, 6.07) is 9.16. The molecule has 108 valence electrons. The fraction of sp³-hybridized carbons (Fsp3) is 0.133. The molecular weight excluding hydrogens is 297 g/mol. The van der Waals surface area contributed by atoms with Crippen LogP contribution in [-0.4, -0.2) is 4.98 Å². The van der Waals surface area contributed by atoms with Crippen molar-refractivity contribution in [1.29, 1.82) is 0 Å². The van der Waals surface area contributed by atoms with Crippen LogP contribution in [0.3, 0.4) is 0 Å². The van der Waals surface area contributed by atoms with E-state index in [9.17, 15) is 13.2 Å². The molecule has 0 aliphatic carbocycles. The lowest BCUT2D eigenvalue weighted by Crippen LogP contribution is -2.03. The number of aryl methyl sites for hydroxylation is 1. The number of anilines is 1. The summed E-state index contributed by atoms with van der Waals surface area (Å²) in [7, 11) is 0. The number of hydrogen-bond acceptors (Lipinski definition) is 3. The van der Waals surface area contributed by atoms with Crippen LogP contribution in [-0.2, 0) is 6.18 Å². The van der Waals surface area contributed by atoms with Gasteiger partial charge in [0.2, 0.25) is 0 Å². The van der Waals surface area contributed by atoms with Crippen molar-refractivity contribution in [1.82, 2.24) is 4.98 Å². The highest BCUT2D eigenvalue weighted by molar-refractivity contribution is 7.21. The second-order valence-corrected chi connectivity index (χ2v) is 5.77. The SMILES string of the molecule is Cc1cccc(-c2nc3cc(C(F)(F)F)ccc3s2)c1N. The second-order valence-electron chi connectivity index (χ2n) is 4.74. The number of rotatable bonds is 1. The summed E-state index contributed by atoms with van der Waals surface area (Å²) < 4.78 is 38.9. The molecule has 0 amide bonds. The molecule has 0 aliphatic heterocycles. The summed E-state index contributed by atoms with van der Waals surface area (Å²) in [5.74, 6) is 0. The summed E-state index contributed by atoms with van der Waals surface area (Å²) in [6.07, 6.45) is -4.36. The van der Waals surface area contributed by atoms with Gasteiger partial charge in [-0.05, 0) is 36.8 Å². The van der Waals surface area contributed by atoms with Crippen LogP contribution in [0, 0.1) is 6.92 Å². The van der Waals surface area contributed by atoms with Crippen LogP contribution in [0.2, 0.25) is 0 Å².